The Hall–Kier alpha value is -2.56. The quantitative estimate of drug-likeness (QED) is 0.514. The molecule has 2 aromatic rings. The van der Waals surface area contributed by atoms with Gasteiger partial charge in [-0.05, 0) is 35.7 Å². The maximum absolute atomic E-state index is 10.7. The predicted octanol–water partition coefficient (Wildman–Crippen LogP) is 3.32. The number of hydrogen-bond acceptors (Lipinski definition) is 4. The van der Waals surface area contributed by atoms with E-state index in [0.717, 1.165) is 23.3 Å². The number of aryl methyl sites for hydroxylation is 1. The van der Waals surface area contributed by atoms with Gasteiger partial charge in [0.25, 0.3) is 5.69 Å². The topological polar surface area (TPSA) is 78.4 Å². The van der Waals surface area contributed by atoms with E-state index in [0.29, 0.717) is 6.61 Å². The number of nitrogens with zero attached hydrogens (tertiary/aromatic N) is 1. The van der Waals surface area contributed by atoms with Crippen molar-refractivity contribution in [2.24, 2.45) is 0 Å². The molecule has 0 unspecified atom stereocenters. The van der Waals surface area contributed by atoms with Crippen LogP contribution < -0.4 is 10.5 Å². The highest BCUT2D eigenvalue weighted by Gasteiger charge is 2.11. The average molecular weight is 272 g/mol. The molecule has 20 heavy (non-hydrogen) atoms. The highest BCUT2D eigenvalue weighted by atomic mass is 16.6. The summed E-state index contributed by atoms with van der Waals surface area (Å²) < 4.78 is 5.74. The number of nitrogen functional groups attached to an aromatic ring is 1. The maximum atomic E-state index is 10.7. The molecule has 0 aliphatic rings. The molecular weight excluding hydrogens is 256 g/mol. The molecule has 0 aromatic heterocycles. The van der Waals surface area contributed by atoms with Crippen molar-refractivity contribution in [1.29, 1.82) is 0 Å². The number of anilines is 1. The third-order valence-corrected chi connectivity index (χ3v) is 3.04. The van der Waals surface area contributed by atoms with Gasteiger partial charge in [-0.3, -0.25) is 10.1 Å². The summed E-state index contributed by atoms with van der Waals surface area (Å²) in [5.41, 5.74) is 7.65. The Bertz CT molecular complexity index is 626. The van der Waals surface area contributed by atoms with Crippen molar-refractivity contribution in [3.8, 4) is 5.75 Å². The molecule has 0 aliphatic heterocycles. The van der Waals surface area contributed by atoms with Crippen LogP contribution in [0.4, 0.5) is 11.4 Å². The number of nitrogens with two attached hydrogens (primary N) is 1. The number of nitro groups is 1. The van der Waals surface area contributed by atoms with Gasteiger partial charge in [0.1, 0.15) is 18.0 Å². The third-order valence-electron chi connectivity index (χ3n) is 3.04. The van der Waals surface area contributed by atoms with Gasteiger partial charge in [-0.2, -0.15) is 0 Å². The number of benzene rings is 2. The molecule has 0 saturated heterocycles. The number of rotatable bonds is 5. The molecule has 0 atom stereocenters. The second kappa shape index (κ2) is 6.06. The summed E-state index contributed by atoms with van der Waals surface area (Å²) in [6.07, 6.45) is 0.887. The molecule has 0 amide bonds. The van der Waals surface area contributed by atoms with Crippen molar-refractivity contribution in [1.82, 2.24) is 0 Å². The van der Waals surface area contributed by atoms with Gasteiger partial charge in [-0.15, -0.1) is 0 Å². The fraction of sp³-hybridized carbons (Fsp3) is 0.200. The van der Waals surface area contributed by atoms with Crippen molar-refractivity contribution in [3.63, 3.8) is 0 Å². The van der Waals surface area contributed by atoms with Crippen molar-refractivity contribution in [2.45, 2.75) is 20.0 Å². The van der Waals surface area contributed by atoms with E-state index in [1.165, 1.54) is 6.07 Å². The van der Waals surface area contributed by atoms with E-state index in [9.17, 15) is 10.1 Å². The van der Waals surface area contributed by atoms with E-state index in [1.807, 2.05) is 24.3 Å². The predicted molar refractivity (Wildman–Crippen MR) is 77.7 cm³/mol. The second-order valence-electron chi connectivity index (χ2n) is 4.40. The molecule has 2 aromatic carbocycles. The lowest BCUT2D eigenvalue weighted by atomic mass is 10.1. The number of hydrogen-bond donors (Lipinski definition) is 1. The van der Waals surface area contributed by atoms with Crippen molar-refractivity contribution < 1.29 is 9.66 Å². The lowest BCUT2D eigenvalue weighted by molar-refractivity contribution is -0.383. The maximum Gasteiger partial charge on any atom is 0.292 e. The summed E-state index contributed by atoms with van der Waals surface area (Å²) in [6, 6.07) is 12.4. The monoisotopic (exact) mass is 272 g/mol. The lowest BCUT2D eigenvalue weighted by Gasteiger charge is -2.10. The first kappa shape index (κ1) is 13.9. The average Bonchev–Trinajstić information content (AvgIpc) is 2.45. The molecule has 0 radical (unpaired) electrons. The normalized spacial score (nSPS) is 10.2. The summed E-state index contributed by atoms with van der Waals surface area (Å²) >= 11 is 0. The van der Waals surface area contributed by atoms with E-state index in [4.69, 9.17) is 10.5 Å². The minimum atomic E-state index is -0.494. The van der Waals surface area contributed by atoms with Gasteiger partial charge in [-0.1, -0.05) is 25.1 Å². The summed E-state index contributed by atoms with van der Waals surface area (Å²) in [4.78, 5) is 10.2. The lowest BCUT2D eigenvalue weighted by Crippen LogP contribution is -2.01. The molecule has 0 aliphatic carbocycles. The molecule has 104 valence electrons. The van der Waals surface area contributed by atoms with E-state index in [-0.39, 0.29) is 11.4 Å². The first-order valence-electron chi connectivity index (χ1n) is 6.35. The van der Waals surface area contributed by atoms with Crippen molar-refractivity contribution >= 4 is 11.4 Å². The standard InChI is InChI=1S/C15H16N2O3/c1-2-12-5-3-4-6-15(12)20-10-11-7-8-14(17(18)19)13(16)9-11/h3-9H,2,10,16H2,1H3. The zero-order chi connectivity index (χ0) is 14.5. The van der Waals surface area contributed by atoms with Gasteiger partial charge >= 0.3 is 0 Å². The van der Waals surface area contributed by atoms with Gasteiger partial charge in [-0.25, -0.2) is 0 Å². The summed E-state index contributed by atoms with van der Waals surface area (Å²) in [5, 5.41) is 10.7. The van der Waals surface area contributed by atoms with Gasteiger partial charge in [0.15, 0.2) is 0 Å². The SMILES string of the molecule is CCc1ccccc1OCc1ccc([N+](=O)[O-])c(N)c1. The van der Waals surface area contributed by atoms with Crippen LogP contribution in [0, 0.1) is 10.1 Å². The smallest absolute Gasteiger partial charge is 0.292 e. The van der Waals surface area contributed by atoms with Crippen molar-refractivity contribution in [3.05, 3.63) is 63.7 Å². The highest BCUT2D eigenvalue weighted by Crippen LogP contribution is 2.24. The van der Waals surface area contributed by atoms with Crippen LogP contribution in [-0.2, 0) is 13.0 Å². The molecule has 0 saturated carbocycles. The van der Waals surface area contributed by atoms with Crippen LogP contribution in [0.25, 0.3) is 0 Å². The first-order valence-corrected chi connectivity index (χ1v) is 6.35. The van der Waals surface area contributed by atoms with Crippen LogP contribution in [0.2, 0.25) is 0 Å². The Morgan fingerprint density at radius 2 is 2.00 bits per heavy atom. The van der Waals surface area contributed by atoms with Crippen LogP contribution in [-0.4, -0.2) is 4.92 Å². The van der Waals surface area contributed by atoms with E-state index < -0.39 is 4.92 Å². The summed E-state index contributed by atoms with van der Waals surface area (Å²) in [5.74, 6) is 0.826. The third kappa shape index (κ3) is 3.06. The minimum absolute atomic E-state index is 0.0808. The zero-order valence-electron chi connectivity index (χ0n) is 11.2. The first-order chi connectivity index (χ1) is 9.61. The van der Waals surface area contributed by atoms with E-state index >= 15 is 0 Å². The van der Waals surface area contributed by atoms with Crippen LogP contribution >= 0.6 is 0 Å². The van der Waals surface area contributed by atoms with Crippen LogP contribution in [0.15, 0.2) is 42.5 Å². The van der Waals surface area contributed by atoms with Gasteiger partial charge in [0.2, 0.25) is 0 Å². The molecule has 5 heteroatoms. The zero-order valence-corrected chi connectivity index (χ0v) is 11.2. The number of nitro benzene ring substituents is 1. The Morgan fingerprint density at radius 1 is 1.25 bits per heavy atom. The molecule has 2 N–H and O–H groups in total. The summed E-state index contributed by atoms with van der Waals surface area (Å²) in [7, 11) is 0. The Kier molecular flexibility index (Phi) is 4.20. The summed E-state index contributed by atoms with van der Waals surface area (Å²) in [6.45, 7) is 2.39. The Balaban J connectivity index is 2.11. The second-order valence-corrected chi connectivity index (χ2v) is 4.40. The molecule has 0 spiro atoms. The fourth-order valence-electron chi connectivity index (χ4n) is 1.96. The molecule has 0 fully saturated rings. The molecular formula is C15H16N2O3. The highest BCUT2D eigenvalue weighted by molar-refractivity contribution is 5.59. The van der Waals surface area contributed by atoms with Gasteiger partial charge in [0.05, 0.1) is 4.92 Å². The van der Waals surface area contributed by atoms with E-state index in [1.54, 1.807) is 12.1 Å². The van der Waals surface area contributed by atoms with Crippen LogP contribution in [0.5, 0.6) is 5.75 Å². The van der Waals surface area contributed by atoms with E-state index in [2.05, 4.69) is 6.92 Å². The Labute approximate surface area is 117 Å². The Morgan fingerprint density at radius 3 is 2.65 bits per heavy atom. The largest absolute Gasteiger partial charge is 0.489 e. The number of para-hydroxylation sites is 1. The molecule has 5 nitrogen and oxygen atoms in total. The molecule has 0 bridgehead atoms. The molecule has 2 rings (SSSR count). The van der Waals surface area contributed by atoms with Gasteiger partial charge < -0.3 is 10.5 Å². The minimum Gasteiger partial charge on any atom is -0.489 e. The van der Waals surface area contributed by atoms with Crippen LogP contribution in [0.1, 0.15) is 18.1 Å². The van der Waals surface area contributed by atoms with Gasteiger partial charge in [0, 0.05) is 6.07 Å². The van der Waals surface area contributed by atoms with Crippen molar-refractivity contribution in [2.75, 3.05) is 5.73 Å². The van der Waals surface area contributed by atoms with Crippen LogP contribution in [0.3, 0.4) is 0 Å². The number of ether oxygens (including phenoxy) is 1. The fourth-order valence-corrected chi connectivity index (χ4v) is 1.96. The molecule has 0 heterocycles.